The van der Waals surface area contributed by atoms with Crippen molar-refractivity contribution in [1.82, 2.24) is 9.97 Å². The van der Waals surface area contributed by atoms with E-state index in [1.54, 1.807) is 0 Å². The fourth-order valence-electron chi connectivity index (χ4n) is 3.58. The zero-order valence-electron chi connectivity index (χ0n) is 15.6. The maximum atomic E-state index is 13.3. The average Bonchev–Trinajstić information content (AvgIpc) is 2.99. The Morgan fingerprint density at radius 1 is 1.18 bits per heavy atom. The summed E-state index contributed by atoms with van der Waals surface area (Å²) in [6.45, 7) is 5.20. The molecule has 2 aromatic heterocycles. The summed E-state index contributed by atoms with van der Waals surface area (Å²) in [5, 5.41) is 3.58. The predicted molar refractivity (Wildman–Crippen MR) is 101 cm³/mol. The molecule has 1 aliphatic rings. The number of halogens is 2. The van der Waals surface area contributed by atoms with Crippen molar-refractivity contribution >= 4 is 28.5 Å². The van der Waals surface area contributed by atoms with Gasteiger partial charge < -0.3 is 14.6 Å². The number of nitrogens with one attached hydrogen (secondary N) is 1. The fraction of sp³-hybridized carbons (Fsp3) is 0.350. The van der Waals surface area contributed by atoms with Gasteiger partial charge in [0.15, 0.2) is 11.6 Å². The minimum atomic E-state index is -0.980. The van der Waals surface area contributed by atoms with Crippen LogP contribution in [-0.2, 0) is 4.79 Å². The van der Waals surface area contributed by atoms with Crippen molar-refractivity contribution in [2.75, 3.05) is 23.3 Å². The highest BCUT2D eigenvalue weighted by atomic mass is 19.2. The van der Waals surface area contributed by atoms with Crippen molar-refractivity contribution in [2.24, 2.45) is 5.92 Å². The van der Waals surface area contributed by atoms with Crippen LogP contribution >= 0.6 is 0 Å². The van der Waals surface area contributed by atoms with Gasteiger partial charge in [0.25, 0.3) is 0 Å². The minimum Gasteiger partial charge on any atom is -0.443 e. The van der Waals surface area contributed by atoms with Gasteiger partial charge in [-0.25, -0.2) is 18.7 Å². The summed E-state index contributed by atoms with van der Waals surface area (Å²) >= 11 is 0. The van der Waals surface area contributed by atoms with Gasteiger partial charge in [0.05, 0.1) is 5.39 Å². The Bertz CT molecular complexity index is 1040. The number of anilines is 2. The fourth-order valence-corrected chi connectivity index (χ4v) is 3.58. The largest absolute Gasteiger partial charge is 0.443 e. The molecule has 1 fully saturated rings. The number of fused-ring (bicyclic) bond motifs is 1. The zero-order chi connectivity index (χ0) is 19.8. The number of furan rings is 1. The molecule has 3 aromatic rings. The molecule has 0 atom stereocenters. The summed E-state index contributed by atoms with van der Waals surface area (Å²) in [7, 11) is 0. The lowest BCUT2D eigenvalue weighted by molar-refractivity contribution is -0.120. The van der Waals surface area contributed by atoms with Crippen LogP contribution in [0.3, 0.4) is 0 Å². The molecule has 1 aliphatic heterocycles. The molecule has 1 saturated heterocycles. The van der Waals surface area contributed by atoms with Crippen molar-refractivity contribution in [3.63, 3.8) is 0 Å². The van der Waals surface area contributed by atoms with E-state index in [-0.39, 0.29) is 17.5 Å². The van der Waals surface area contributed by atoms with Crippen LogP contribution in [0.15, 0.2) is 28.9 Å². The molecule has 0 aliphatic carbocycles. The Labute approximate surface area is 160 Å². The second-order valence-corrected chi connectivity index (χ2v) is 7.04. The van der Waals surface area contributed by atoms with E-state index in [1.807, 2.05) is 13.8 Å². The van der Waals surface area contributed by atoms with E-state index >= 15 is 0 Å². The number of carbonyl (C=O) groups excluding carboxylic acids is 1. The number of rotatable bonds is 3. The van der Waals surface area contributed by atoms with Crippen LogP contribution < -0.4 is 10.2 Å². The van der Waals surface area contributed by atoms with E-state index in [0.29, 0.717) is 31.6 Å². The molecule has 146 valence electrons. The van der Waals surface area contributed by atoms with Crippen LogP contribution in [0.2, 0.25) is 0 Å². The van der Waals surface area contributed by atoms with E-state index in [0.717, 1.165) is 34.7 Å². The van der Waals surface area contributed by atoms with Gasteiger partial charge in [-0.15, -0.1) is 0 Å². The molecule has 0 spiro atoms. The summed E-state index contributed by atoms with van der Waals surface area (Å²) < 4.78 is 32.0. The third-order valence-corrected chi connectivity index (χ3v) is 5.30. The van der Waals surface area contributed by atoms with Crippen LogP contribution in [0, 0.1) is 31.4 Å². The highest BCUT2D eigenvalue weighted by molar-refractivity contribution is 5.93. The van der Waals surface area contributed by atoms with Crippen molar-refractivity contribution in [3.8, 4) is 0 Å². The second-order valence-electron chi connectivity index (χ2n) is 7.04. The van der Waals surface area contributed by atoms with E-state index in [9.17, 15) is 13.6 Å². The van der Waals surface area contributed by atoms with Crippen molar-refractivity contribution in [2.45, 2.75) is 26.7 Å². The van der Waals surface area contributed by atoms with Gasteiger partial charge in [-0.1, -0.05) is 0 Å². The van der Waals surface area contributed by atoms with Crippen LogP contribution in [0.4, 0.5) is 20.3 Å². The molecule has 0 saturated carbocycles. The first-order chi connectivity index (χ1) is 13.4. The minimum absolute atomic E-state index is 0.186. The Morgan fingerprint density at radius 3 is 2.64 bits per heavy atom. The number of carbonyl (C=O) groups is 1. The lowest BCUT2D eigenvalue weighted by Gasteiger charge is -2.32. The summed E-state index contributed by atoms with van der Waals surface area (Å²) in [6, 6.07) is 3.35. The lowest BCUT2D eigenvalue weighted by atomic mass is 9.95. The zero-order valence-corrected chi connectivity index (χ0v) is 15.6. The number of aryl methyl sites for hydroxylation is 2. The van der Waals surface area contributed by atoms with Gasteiger partial charge in [0.2, 0.25) is 11.6 Å². The monoisotopic (exact) mass is 386 g/mol. The topological polar surface area (TPSA) is 71.3 Å². The number of aromatic nitrogens is 2. The molecule has 1 amide bonds. The van der Waals surface area contributed by atoms with Crippen molar-refractivity contribution in [3.05, 3.63) is 47.5 Å². The third-order valence-electron chi connectivity index (χ3n) is 5.30. The summed E-state index contributed by atoms with van der Waals surface area (Å²) in [6.07, 6.45) is 2.76. The molecular formula is C20H20F2N4O2. The number of hydrogen-bond acceptors (Lipinski definition) is 5. The van der Waals surface area contributed by atoms with E-state index < -0.39 is 11.6 Å². The maximum absolute atomic E-state index is 13.3. The molecule has 1 aromatic carbocycles. The lowest BCUT2D eigenvalue weighted by Crippen LogP contribution is -2.38. The first kappa shape index (κ1) is 18.3. The smallest absolute Gasteiger partial charge is 0.231 e. The summed E-state index contributed by atoms with van der Waals surface area (Å²) in [5.41, 5.74) is 1.84. The Balaban J connectivity index is 1.45. The molecule has 4 rings (SSSR count). The van der Waals surface area contributed by atoms with Gasteiger partial charge in [0.1, 0.15) is 17.9 Å². The molecule has 8 heteroatoms. The Morgan fingerprint density at radius 2 is 1.93 bits per heavy atom. The molecule has 1 N–H and O–H groups in total. The van der Waals surface area contributed by atoms with E-state index in [4.69, 9.17) is 4.42 Å². The van der Waals surface area contributed by atoms with Gasteiger partial charge in [0, 0.05) is 36.3 Å². The molecule has 0 bridgehead atoms. The van der Waals surface area contributed by atoms with Gasteiger partial charge in [-0.05, 0) is 38.8 Å². The standard InChI is InChI=1S/C20H20F2N4O2/c1-11-12(2)28-20-17(11)18(23-10-24-20)26-7-5-13(6-8-26)19(27)25-14-3-4-15(21)16(22)9-14/h3-4,9-10,13H,5-8H2,1-2H3,(H,25,27). The first-order valence-corrected chi connectivity index (χ1v) is 9.15. The van der Waals surface area contributed by atoms with E-state index in [1.165, 1.54) is 12.4 Å². The molecule has 28 heavy (non-hydrogen) atoms. The van der Waals surface area contributed by atoms with Gasteiger partial charge in [-0.2, -0.15) is 0 Å². The normalized spacial score (nSPS) is 15.2. The van der Waals surface area contributed by atoms with Gasteiger partial charge >= 0.3 is 0 Å². The predicted octanol–water partition coefficient (Wildman–Crippen LogP) is 3.97. The highest BCUT2D eigenvalue weighted by Crippen LogP contribution is 2.32. The van der Waals surface area contributed by atoms with Gasteiger partial charge in [-0.3, -0.25) is 4.79 Å². The number of amides is 1. The highest BCUT2D eigenvalue weighted by Gasteiger charge is 2.28. The first-order valence-electron chi connectivity index (χ1n) is 9.15. The number of hydrogen-bond donors (Lipinski definition) is 1. The molecular weight excluding hydrogens is 366 g/mol. The van der Waals surface area contributed by atoms with Crippen LogP contribution in [0.1, 0.15) is 24.2 Å². The second kappa shape index (κ2) is 7.18. The van der Waals surface area contributed by atoms with Crippen LogP contribution in [0.5, 0.6) is 0 Å². The quantitative estimate of drug-likeness (QED) is 0.737. The number of piperidine rings is 1. The Kier molecular flexibility index (Phi) is 4.70. The molecule has 0 radical (unpaired) electrons. The maximum Gasteiger partial charge on any atom is 0.231 e. The van der Waals surface area contributed by atoms with E-state index in [2.05, 4.69) is 20.2 Å². The number of nitrogens with zero attached hydrogens (tertiary/aromatic N) is 3. The SMILES string of the molecule is Cc1oc2ncnc(N3CCC(C(=O)Nc4ccc(F)c(F)c4)CC3)c2c1C. The molecule has 0 unspecified atom stereocenters. The molecule has 6 nitrogen and oxygen atoms in total. The average molecular weight is 386 g/mol. The van der Waals surface area contributed by atoms with Crippen LogP contribution in [0.25, 0.3) is 11.1 Å². The van der Waals surface area contributed by atoms with Crippen LogP contribution in [-0.4, -0.2) is 29.0 Å². The number of benzene rings is 1. The Hall–Kier alpha value is -3.03. The molecule has 3 heterocycles. The van der Waals surface area contributed by atoms with Crippen molar-refractivity contribution < 1.29 is 18.0 Å². The third kappa shape index (κ3) is 3.30. The van der Waals surface area contributed by atoms with Crippen molar-refractivity contribution in [1.29, 1.82) is 0 Å². The summed E-state index contributed by atoms with van der Waals surface area (Å²) in [5.74, 6) is -0.669. The summed E-state index contributed by atoms with van der Waals surface area (Å²) in [4.78, 5) is 23.3.